The first-order valence-corrected chi connectivity index (χ1v) is 11.1. The molecule has 34 heavy (non-hydrogen) atoms. The molecule has 0 radical (unpaired) electrons. The maximum atomic E-state index is 11.9. The maximum absolute atomic E-state index is 11.9. The highest BCUT2D eigenvalue weighted by atomic mass is 35.5. The second-order valence-electron chi connectivity index (χ2n) is 8.19. The van der Waals surface area contributed by atoms with Crippen LogP contribution in [0, 0.1) is 6.92 Å². The minimum Gasteiger partial charge on any atom is -0.497 e. The van der Waals surface area contributed by atoms with Crippen LogP contribution in [0.5, 0.6) is 5.75 Å². The van der Waals surface area contributed by atoms with E-state index in [0.717, 1.165) is 22.7 Å². The van der Waals surface area contributed by atoms with Gasteiger partial charge in [-0.2, -0.15) is 5.10 Å². The molecule has 7 heteroatoms. The van der Waals surface area contributed by atoms with E-state index in [1.807, 2.05) is 48.0 Å². The SMILES string of the molecule is COc1ccc(-n2nc(C(C)(OC)c3ccc(Cl)c(C(N)=O)c3)cc2-c2ccc(C)cc2)cc1. The van der Waals surface area contributed by atoms with Crippen LogP contribution in [0.15, 0.2) is 72.8 Å². The molecule has 1 aromatic heterocycles. The second kappa shape index (κ2) is 9.33. The van der Waals surface area contributed by atoms with Crippen LogP contribution in [0.25, 0.3) is 16.9 Å². The van der Waals surface area contributed by atoms with Gasteiger partial charge in [-0.25, -0.2) is 4.68 Å². The zero-order chi connectivity index (χ0) is 24.5. The fourth-order valence-corrected chi connectivity index (χ4v) is 4.06. The molecule has 4 rings (SSSR count). The van der Waals surface area contributed by atoms with Crippen LogP contribution in [0.2, 0.25) is 5.02 Å². The number of amides is 1. The third-order valence-corrected chi connectivity index (χ3v) is 6.38. The molecule has 0 saturated carbocycles. The van der Waals surface area contributed by atoms with Gasteiger partial charge in [0, 0.05) is 12.7 Å². The van der Waals surface area contributed by atoms with E-state index < -0.39 is 11.5 Å². The Morgan fingerprint density at radius 2 is 1.68 bits per heavy atom. The second-order valence-corrected chi connectivity index (χ2v) is 8.59. The molecule has 6 nitrogen and oxygen atoms in total. The number of hydrogen-bond donors (Lipinski definition) is 1. The molecule has 0 bridgehead atoms. The molecule has 174 valence electrons. The first-order chi connectivity index (χ1) is 16.3. The highest BCUT2D eigenvalue weighted by Crippen LogP contribution is 2.37. The van der Waals surface area contributed by atoms with Crippen molar-refractivity contribution in [3.63, 3.8) is 0 Å². The molecule has 1 unspecified atom stereocenters. The van der Waals surface area contributed by atoms with Gasteiger partial charge >= 0.3 is 0 Å². The number of halogens is 1. The average Bonchev–Trinajstić information content (AvgIpc) is 3.30. The number of aromatic nitrogens is 2. The highest BCUT2D eigenvalue weighted by molar-refractivity contribution is 6.33. The van der Waals surface area contributed by atoms with Crippen molar-refractivity contribution in [2.75, 3.05) is 14.2 Å². The van der Waals surface area contributed by atoms with Crippen LogP contribution in [0.1, 0.15) is 34.1 Å². The molecule has 0 aliphatic carbocycles. The molecule has 1 amide bonds. The number of aryl methyl sites for hydroxylation is 1. The smallest absolute Gasteiger partial charge is 0.250 e. The van der Waals surface area contributed by atoms with E-state index in [0.29, 0.717) is 16.3 Å². The van der Waals surface area contributed by atoms with Crippen molar-refractivity contribution in [3.05, 3.63) is 100 Å². The number of ether oxygens (including phenoxy) is 2. The Labute approximate surface area is 203 Å². The molecular formula is C27H26ClN3O3. The lowest BCUT2D eigenvalue weighted by Crippen LogP contribution is -2.27. The molecule has 1 atom stereocenters. The minimum atomic E-state index is -0.966. The lowest BCUT2D eigenvalue weighted by Gasteiger charge is -2.27. The summed E-state index contributed by atoms with van der Waals surface area (Å²) >= 11 is 6.19. The summed E-state index contributed by atoms with van der Waals surface area (Å²) in [6.07, 6.45) is 0. The number of primary amides is 1. The van der Waals surface area contributed by atoms with Crippen molar-refractivity contribution in [2.24, 2.45) is 5.73 Å². The highest BCUT2D eigenvalue weighted by Gasteiger charge is 2.34. The Morgan fingerprint density at radius 1 is 1.00 bits per heavy atom. The summed E-state index contributed by atoms with van der Waals surface area (Å²) in [4.78, 5) is 11.9. The molecule has 0 fully saturated rings. The summed E-state index contributed by atoms with van der Waals surface area (Å²) in [5.41, 5.74) is 10.1. The molecule has 0 spiro atoms. The number of carbonyl (C=O) groups is 1. The number of nitrogens with two attached hydrogens (primary N) is 1. The summed E-state index contributed by atoms with van der Waals surface area (Å²) < 4.78 is 13.2. The molecule has 0 saturated heterocycles. The van der Waals surface area contributed by atoms with Crippen molar-refractivity contribution >= 4 is 17.5 Å². The first kappa shape index (κ1) is 23.5. The van der Waals surface area contributed by atoms with Crippen molar-refractivity contribution in [3.8, 4) is 22.7 Å². The van der Waals surface area contributed by atoms with E-state index >= 15 is 0 Å². The van der Waals surface area contributed by atoms with Gasteiger partial charge in [0.25, 0.3) is 0 Å². The van der Waals surface area contributed by atoms with Crippen LogP contribution < -0.4 is 10.5 Å². The summed E-state index contributed by atoms with van der Waals surface area (Å²) in [5.74, 6) is 0.157. The van der Waals surface area contributed by atoms with Gasteiger partial charge in [-0.05, 0) is 61.9 Å². The Morgan fingerprint density at radius 3 is 2.26 bits per heavy atom. The van der Waals surface area contributed by atoms with Gasteiger partial charge in [-0.3, -0.25) is 4.79 Å². The van der Waals surface area contributed by atoms with E-state index in [1.165, 1.54) is 5.56 Å². The summed E-state index contributed by atoms with van der Waals surface area (Å²) in [7, 11) is 3.24. The van der Waals surface area contributed by atoms with Gasteiger partial charge in [0.1, 0.15) is 11.4 Å². The normalized spacial score (nSPS) is 12.9. The van der Waals surface area contributed by atoms with Crippen LogP contribution >= 0.6 is 11.6 Å². The molecule has 0 aliphatic heterocycles. The van der Waals surface area contributed by atoms with Crippen LogP contribution in [0.4, 0.5) is 0 Å². The maximum Gasteiger partial charge on any atom is 0.250 e. The fourth-order valence-electron chi connectivity index (χ4n) is 3.85. The standard InChI is InChI=1S/C27H26ClN3O3/c1-17-5-7-18(8-6-17)24-16-25(30-31(24)20-10-12-21(33-3)13-11-20)27(2,34-4)19-9-14-23(28)22(15-19)26(29)32/h5-16H,1-4H3,(H2,29,32). The lowest BCUT2D eigenvalue weighted by molar-refractivity contribution is 0.0350. The van der Waals surface area contributed by atoms with Crippen molar-refractivity contribution in [1.82, 2.24) is 9.78 Å². The predicted molar refractivity (Wildman–Crippen MR) is 134 cm³/mol. The summed E-state index contributed by atoms with van der Waals surface area (Å²) in [6, 6.07) is 23.1. The Kier molecular flexibility index (Phi) is 6.46. The third-order valence-electron chi connectivity index (χ3n) is 6.05. The number of rotatable bonds is 7. The monoisotopic (exact) mass is 475 g/mol. The molecule has 0 aliphatic rings. The van der Waals surface area contributed by atoms with E-state index in [4.69, 9.17) is 31.9 Å². The topological polar surface area (TPSA) is 79.4 Å². The van der Waals surface area contributed by atoms with Gasteiger partial charge in [-0.15, -0.1) is 0 Å². The number of nitrogens with zero attached hydrogens (tertiary/aromatic N) is 2. The molecule has 4 aromatic rings. The predicted octanol–water partition coefficient (Wildman–Crippen LogP) is 5.52. The zero-order valence-electron chi connectivity index (χ0n) is 19.5. The summed E-state index contributed by atoms with van der Waals surface area (Å²) in [6.45, 7) is 3.95. The molecule has 1 heterocycles. The average molecular weight is 476 g/mol. The van der Waals surface area contributed by atoms with Crippen molar-refractivity contribution < 1.29 is 14.3 Å². The van der Waals surface area contributed by atoms with Crippen molar-refractivity contribution in [1.29, 1.82) is 0 Å². The van der Waals surface area contributed by atoms with Gasteiger partial charge in [-0.1, -0.05) is 47.5 Å². The van der Waals surface area contributed by atoms with Gasteiger partial charge in [0.2, 0.25) is 5.91 Å². The number of methoxy groups -OCH3 is 2. The van der Waals surface area contributed by atoms with E-state index in [9.17, 15) is 4.79 Å². The van der Waals surface area contributed by atoms with E-state index in [-0.39, 0.29) is 5.56 Å². The molecule has 2 N–H and O–H groups in total. The Balaban J connectivity index is 1.91. The van der Waals surface area contributed by atoms with E-state index in [2.05, 4.69) is 31.2 Å². The Hall–Kier alpha value is -3.61. The zero-order valence-corrected chi connectivity index (χ0v) is 20.3. The van der Waals surface area contributed by atoms with Crippen LogP contribution in [-0.4, -0.2) is 29.9 Å². The number of hydrogen-bond acceptors (Lipinski definition) is 4. The van der Waals surface area contributed by atoms with Gasteiger partial charge in [0.05, 0.1) is 34.8 Å². The van der Waals surface area contributed by atoms with Crippen LogP contribution in [0.3, 0.4) is 0 Å². The Bertz CT molecular complexity index is 1330. The van der Waals surface area contributed by atoms with Gasteiger partial charge in [0.15, 0.2) is 0 Å². The third kappa shape index (κ3) is 4.30. The van der Waals surface area contributed by atoms with Crippen molar-refractivity contribution in [2.45, 2.75) is 19.4 Å². The number of carbonyl (C=O) groups excluding carboxylic acids is 1. The quantitative estimate of drug-likeness (QED) is 0.381. The molecule has 3 aromatic carbocycles. The first-order valence-electron chi connectivity index (χ1n) is 10.7. The molecular weight excluding hydrogens is 450 g/mol. The van der Waals surface area contributed by atoms with Crippen LogP contribution in [-0.2, 0) is 10.3 Å². The lowest BCUT2D eigenvalue weighted by atomic mass is 9.90. The number of benzene rings is 3. The minimum absolute atomic E-state index is 0.232. The summed E-state index contributed by atoms with van der Waals surface area (Å²) in [5, 5.41) is 5.24. The fraction of sp³-hybridized carbons (Fsp3) is 0.185. The van der Waals surface area contributed by atoms with E-state index in [1.54, 1.807) is 26.4 Å². The van der Waals surface area contributed by atoms with Gasteiger partial charge < -0.3 is 15.2 Å². The largest absolute Gasteiger partial charge is 0.497 e.